The van der Waals surface area contributed by atoms with Crippen LogP contribution >= 0.6 is 15.9 Å². The van der Waals surface area contributed by atoms with Gasteiger partial charge in [0.15, 0.2) is 0 Å². The van der Waals surface area contributed by atoms with Crippen molar-refractivity contribution in [2.45, 2.75) is 50.3 Å². The van der Waals surface area contributed by atoms with Crippen LogP contribution in [-0.2, 0) is 16.5 Å². The van der Waals surface area contributed by atoms with Gasteiger partial charge in [-0.05, 0) is 68.1 Å². The third-order valence-corrected chi connectivity index (χ3v) is 5.43. The lowest BCUT2D eigenvalue weighted by Crippen LogP contribution is -2.52. The van der Waals surface area contributed by atoms with Crippen molar-refractivity contribution >= 4 is 26.9 Å². The summed E-state index contributed by atoms with van der Waals surface area (Å²) in [6, 6.07) is 4.00. The van der Waals surface area contributed by atoms with Gasteiger partial charge in [0.25, 0.3) is 0 Å². The Morgan fingerprint density at radius 3 is 2.44 bits per heavy atom. The minimum atomic E-state index is -1.06. The molecular weight excluding hydrogens is 312 g/mol. The number of halogens is 1. The molecule has 5 heteroatoms. The summed E-state index contributed by atoms with van der Waals surface area (Å²) in [5.41, 5.74) is 0.799. The van der Waals surface area contributed by atoms with E-state index in [0.29, 0.717) is 0 Å². The Morgan fingerprint density at radius 1 is 1.39 bits per heavy atom. The Labute approximate surface area is 119 Å². The zero-order valence-electron chi connectivity index (χ0n) is 11.0. The molecule has 2 rings (SSSR count). The van der Waals surface area contributed by atoms with Gasteiger partial charge in [-0.15, -0.1) is 0 Å². The predicted molar refractivity (Wildman–Crippen MR) is 78.5 cm³/mol. The first-order valence-electron chi connectivity index (χ1n) is 6.15. The van der Waals surface area contributed by atoms with E-state index < -0.39 is 11.0 Å². The standard InChI is InChI=1S/C13H19BrN2OS/c1-12(2,3)18(17)16-13(7-4-8-13)11-6-5-10(14)9-15-11/h5-6,9,16H,4,7-8H2,1-3H3/t18-/m0/s1. The van der Waals surface area contributed by atoms with Crippen LogP contribution in [0.2, 0.25) is 0 Å². The van der Waals surface area contributed by atoms with Crippen LogP contribution in [0.15, 0.2) is 22.8 Å². The number of aromatic nitrogens is 1. The summed E-state index contributed by atoms with van der Waals surface area (Å²) in [6.45, 7) is 5.95. The quantitative estimate of drug-likeness (QED) is 0.924. The summed E-state index contributed by atoms with van der Waals surface area (Å²) in [5.74, 6) is 0. The molecule has 1 aliphatic rings. The zero-order chi connectivity index (χ0) is 13.4. The molecule has 1 aromatic rings. The van der Waals surface area contributed by atoms with Crippen LogP contribution in [0.5, 0.6) is 0 Å². The van der Waals surface area contributed by atoms with Crippen LogP contribution in [0.4, 0.5) is 0 Å². The Kier molecular flexibility index (Phi) is 3.95. The van der Waals surface area contributed by atoms with Gasteiger partial charge in [-0.2, -0.15) is 0 Å². The fourth-order valence-corrected chi connectivity index (χ4v) is 3.13. The van der Waals surface area contributed by atoms with Gasteiger partial charge in [-0.25, -0.2) is 8.93 Å². The summed E-state index contributed by atoms with van der Waals surface area (Å²) in [7, 11) is -1.06. The topological polar surface area (TPSA) is 42.0 Å². The van der Waals surface area contributed by atoms with Crippen LogP contribution in [0.1, 0.15) is 45.7 Å². The van der Waals surface area contributed by atoms with Crippen molar-refractivity contribution in [3.05, 3.63) is 28.5 Å². The molecule has 0 aromatic carbocycles. The Balaban J connectivity index is 2.21. The Hall–Kier alpha value is -0.260. The molecule has 1 aromatic heterocycles. The highest BCUT2D eigenvalue weighted by molar-refractivity contribution is 9.10. The summed E-state index contributed by atoms with van der Waals surface area (Å²) in [4.78, 5) is 4.46. The average molecular weight is 331 g/mol. The van der Waals surface area contributed by atoms with Crippen molar-refractivity contribution in [3.8, 4) is 0 Å². The second kappa shape index (κ2) is 5.02. The first-order valence-corrected chi connectivity index (χ1v) is 8.09. The normalized spacial score (nSPS) is 20.2. The summed E-state index contributed by atoms with van der Waals surface area (Å²) in [6.07, 6.45) is 4.97. The molecule has 0 aliphatic heterocycles. The number of hydrogen-bond donors (Lipinski definition) is 1. The van der Waals surface area contributed by atoms with E-state index in [4.69, 9.17) is 0 Å². The number of nitrogens with zero attached hydrogens (tertiary/aromatic N) is 1. The molecular formula is C13H19BrN2OS. The maximum Gasteiger partial charge on any atom is 0.0979 e. The molecule has 1 atom stereocenters. The lowest BCUT2D eigenvalue weighted by molar-refractivity contribution is 0.220. The van der Waals surface area contributed by atoms with E-state index in [2.05, 4.69) is 25.6 Å². The fourth-order valence-electron chi connectivity index (χ4n) is 1.93. The van der Waals surface area contributed by atoms with Gasteiger partial charge in [-0.3, -0.25) is 4.98 Å². The molecule has 1 N–H and O–H groups in total. The SMILES string of the molecule is CC(C)(C)[S@](=O)NC1(c2ccc(Br)cn2)CCC1. The minimum absolute atomic E-state index is 0.196. The molecule has 1 aliphatic carbocycles. The number of pyridine rings is 1. The fraction of sp³-hybridized carbons (Fsp3) is 0.615. The van der Waals surface area contributed by atoms with Crippen LogP contribution in [-0.4, -0.2) is 13.9 Å². The van der Waals surface area contributed by atoms with E-state index in [0.717, 1.165) is 29.4 Å². The molecule has 1 saturated carbocycles. The van der Waals surface area contributed by atoms with Crippen molar-refractivity contribution in [1.29, 1.82) is 0 Å². The van der Waals surface area contributed by atoms with E-state index in [-0.39, 0.29) is 10.3 Å². The average Bonchev–Trinajstić information content (AvgIpc) is 2.23. The lowest BCUT2D eigenvalue weighted by atomic mass is 9.75. The second-order valence-corrected chi connectivity index (χ2v) is 8.66. The van der Waals surface area contributed by atoms with Crippen molar-refractivity contribution in [2.75, 3.05) is 0 Å². The van der Waals surface area contributed by atoms with Gasteiger partial charge in [0, 0.05) is 10.7 Å². The highest BCUT2D eigenvalue weighted by Crippen LogP contribution is 2.41. The van der Waals surface area contributed by atoms with Crippen LogP contribution < -0.4 is 4.72 Å². The molecule has 0 bridgehead atoms. The molecule has 18 heavy (non-hydrogen) atoms. The summed E-state index contributed by atoms with van der Waals surface area (Å²) < 4.78 is 16.3. The van der Waals surface area contributed by atoms with E-state index in [9.17, 15) is 4.21 Å². The third kappa shape index (κ3) is 2.83. The van der Waals surface area contributed by atoms with Gasteiger partial charge in [0.1, 0.15) is 0 Å². The van der Waals surface area contributed by atoms with E-state index in [1.807, 2.05) is 32.9 Å². The van der Waals surface area contributed by atoms with Crippen molar-refractivity contribution in [1.82, 2.24) is 9.71 Å². The number of hydrogen-bond acceptors (Lipinski definition) is 2. The van der Waals surface area contributed by atoms with Gasteiger partial charge >= 0.3 is 0 Å². The highest BCUT2D eigenvalue weighted by Gasteiger charge is 2.42. The zero-order valence-corrected chi connectivity index (χ0v) is 13.4. The molecule has 0 saturated heterocycles. The largest absolute Gasteiger partial charge is 0.258 e. The maximum absolute atomic E-state index is 12.3. The van der Waals surface area contributed by atoms with Crippen molar-refractivity contribution < 1.29 is 4.21 Å². The number of rotatable bonds is 3. The third-order valence-electron chi connectivity index (χ3n) is 3.27. The lowest BCUT2D eigenvalue weighted by Gasteiger charge is -2.43. The van der Waals surface area contributed by atoms with E-state index in [1.165, 1.54) is 0 Å². The summed E-state index contributed by atoms with van der Waals surface area (Å²) in [5, 5.41) is 0. The second-order valence-electron chi connectivity index (χ2n) is 5.78. The predicted octanol–water partition coefficient (Wildman–Crippen LogP) is 3.28. The van der Waals surface area contributed by atoms with Crippen molar-refractivity contribution in [3.63, 3.8) is 0 Å². The van der Waals surface area contributed by atoms with Gasteiger partial charge in [0.05, 0.1) is 27.0 Å². The molecule has 0 radical (unpaired) electrons. The maximum atomic E-state index is 12.3. The first kappa shape index (κ1) is 14.2. The molecule has 0 spiro atoms. The summed E-state index contributed by atoms with van der Waals surface area (Å²) >= 11 is 3.39. The first-order chi connectivity index (χ1) is 8.33. The molecule has 0 amide bonds. The van der Waals surface area contributed by atoms with Gasteiger partial charge in [0.2, 0.25) is 0 Å². The minimum Gasteiger partial charge on any atom is -0.258 e. The molecule has 1 heterocycles. The van der Waals surface area contributed by atoms with Crippen LogP contribution in [0.3, 0.4) is 0 Å². The van der Waals surface area contributed by atoms with Crippen LogP contribution in [0.25, 0.3) is 0 Å². The monoisotopic (exact) mass is 330 g/mol. The van der Waals surface area contributed by atoms with Crippen molar-refractivity contribution in [2.24, 2.45) is 0 Å². The molecule has 100 valence electrons. The molecule has 0 unspecified atom stereocenters. The van der Waals surface area contributed by atoms with E-state index in [1.54, 1.807) is 6.20 Å². The Morgan fingerprint density at radius 2 is 2.06 bits per heavy atom. The smallest absolute Gasteiger partial charge is 0.0979 e. The van der Waals surface area contributed by atoms with Gasteiger partial charge in [-0.1, -0.05) is 0 Å². The highest BCUT2D eigenvalue weighted by atomic mass is 79.9. The van der Waals surface area contributed by atoms with Gasteiger partial charge < -0.3 is 0 Å². The number of nitrogens with one attached hydrogen (secondary N) is 1. The molecule has 1 fully saturated rings. The Bertz CT molecular complexity index is 449. The molecule has 3 nitrogen and oxygen atoms in total. The van der Waals surface area contributed by atoms with Crippen LogP contribution in [0, 0.1) is 0 Å². The van der Waals surface area contributed by atoms with E-state index >= 15 is 0 Å².